The molecule has 0 amide bonds. The van der Waals surface area contributed by atoms with Crippen molar-refractivity contribution in [3.63, 3.8) is 0 Å². The Labute approximate surface area is 188 Å². The van der Waals surface area contributed by atoms with Crippen LogP contribution in [0.2, 0.25) is 0 Å². The smallest absolute Gasteiger partial charge is 0.234 e. The van der Waals surface area contributed by atoms with E-state index in [2.05, 4.69) is 68.1 Å². The van der Waals surface area contributed by atoms with Crippen molar-refractivity contribution >= 4 is 16.5 Å². The quantitative estimate of drug-likeness (QED) is 0.589. The molecule has 0 aliphatic carbocycles. The summed E-state index contributed by atoms with van der Waals surface area (Å²) in [6.45, 7) is 9.73. The van der Waals surface area contributed by atoms with Crippen molar-refractivity contribution in [3.8, 4) is 27.4 Å². The topological polar surface area (TPSA) is 50.3 Å². The largest absolute Gasteiger partial charge is 0.472 e. The summed E-state index contributed by atoms with van der Waals surface area (Å²) in [7, 11) is 2.18. The lowest BCUT2D eigenvalue weighted by Gasteiger charge is -2.48. The lowest BCUT2D eigenvalue weighted by molar-refractivity contribution is 0.161. The molecule has 2 aromatic heterocycles. The average molecular weight is 435 g/mol. The Morgan fingerprint density at radius 1 is 1.03 bits per heavy atom. The van der Waals surface area contributed by atoms with Gasteiger partial charge in [0.2, 0.25) is 5.88 Å². The first kappa shape index (κ1) is 20.5. The fourth-order valence-electron chi connectivity index (χ4n) is 5.22. The third kappa shape index (κ3) is 3.94. The fourth-order valence-corrected chi connectivity index (χ4v) is 6.32. The zero-order valence-electron chi connectivity index (χ0n) is 18.9. The SMILES string of the molecule is CN(c1nc2c(s1)-c1ccc(-c3ccncc3)cc1CO2)C1CC(C)(C)NC(C)(C)C1. The number of nitrogens with one attached hydrogen (secondary N) is 1. The van der Waals surface area contributed by atoms with Crippen LogP contribution < -0.4 is 15.0 Å². The molecule has 0 spiro atoms. The molecule has 4 heterocycles. The molecule has 0 saturated carbocycles. The van der Waals surface area contributed by atoms with E-state index in [1.807, 2.05) is 24.5 Å². The molecule has 6 heteroatoms. The third-order valence-corrected chi connectivity index (χ3v) is 7.49. The molecule has 31 heavy (non-hydrogen) atoms. The Morgan fingerprint density at radius 2 is 1.74 bits per heavy atom. The maximum absolute atomic E-state index is 6.09. The summed E-state index contributed by atoms with van der Waals surface area (Å²) in [5.41, 5.74) is 5.01. The van der Waals surface area contributed by atoms with Crippen LogP contribution in [0.5, 0.6) is 5.88 Å². The number of fused-ring (bicyclic) bond motifs is 3. The second-order valence-corrected chi connectivity index (χ2v) is 11.1. The van der Waals surface area contributed by atoms with E-state index >= 15 is 0 Å². The molecule has 162 valence electrons. The van der Waals surface area contributed by atoms with Crippen molar-refractivity contribution < 1.29 is 4.74 Å². The van der Waals surface area contributed by atoms with Gasteiger partial charge < -0.3 is 15.0 Å². The van der Waals surface area contributed by atoms with Crippen LogP contribution in [0.1, 0.15) is 46.1 Å². The number of pyridine rings is 1. The number of hydrogen-bond donors (Lipinski definition) is 1. The molecule has 3 aromatic rings. The maximum atomic E-state index is 6.09. The molecular formula is C25H30N4OS. The summed E-state index contributed by atoms with van der Waals surface area (Å²) in [6, 6.07) is 11.1. The van der Waals surface area contributed by atoms with Gasteiger partial charge in [-0.25, -0.2) is 0 Å². The van der Waals surface area contributed by atoms with E-state index in [1.54, 1.807) is 11.3 Å². The zero-order chi connectivity index (χ0) is 21.8. The summed E-state index contributed by atoms with van der Waals surface area (Å²) in [6.07, 6.45) is 5.84. The number of thiazole rings is 1. The van der Waals surface area contributed by atoms with E-state index in [9.17, 15) is 0 Å². The molecule has 1 aromatic carbocycles. The fraction of sp³-hybridized carbons (Fsp3) is 0.440. The van der Waals surface area contributed by atoms with Crippen molar-refractivity contribution in [2.45, 2.75) is 64.3 Å². The summed E-state index contributed by atoms with van der Waals surface area (Å²) < 4.78 is 6.09. The van der Waals surface area contributed by atoms with Crippen LogP contribution in [0.4, 0.5) is 5.13 Å². The maximum Gasteiger partial charge on any atom is 0.234 e. The molecule has 2 aliphatic heterocycles. The van der Waals surface area contributed by atoms with Gasteiger partial charge in [0.1, 0.15) is 11.5 Å². The van der Waals surface area contributed by atoms with Gasteiger partial charge in [-0.1, -0.05) is 23.5 Å². The second-order valence-electron chi connectivity index (χ2n) is 10.1. The van der Waals surface area contributed by atoms with Gasteiger partial charge in [-0.05, 0) is 75.4 Å². The predicted octanol–water partition coefficient (Wildman–Crippen LogP) is 5.51. The summed E-state index contributed by atoms with van der Waals surface area (Å²) in [4.78, 5) is 12.5. The van der Waals surface area contributed by atoms with Gasteiger partial charge in [0, 0.05) is 42.1 Å². The van der Waals surface area contributed by atoms with Crippen LogP contribution in [0, 0.1) is 0 Å². The van der Waals surface area contributed by atoms with Crippen molar-refractivity contribution in [3.05, 3.63) is 48.3 Å². The van der Waals surface area contributed by atoms with Crippen molar-refractivity contribution in [1.29, 1.82) is 0 Å². The molecule has 0 unspecified atom stereocenters. The first-order valence-corrected chi connectivity index (χ1v) is 11.7. The lowest BCUT2D eigenvalue weighted by Crippen LogP contribution is -2.61. The monoisotopic (exact) mass is 434 g/mol. The van der Waals surface area contributed by atoms with E-state index in [1.165, 1.54) is 22.3 Å². The predicted molar refractivity (Wildman–Crippen MR) is 128 cm³/mol. The second kappa shape index (κ2) is 7.31. The highest BCUT2D eigenvalue weighted by Gasteiger charge is 2.40. The molecule has 0 atom stereocenters. The van der Waals surface area contributed by atoms with Gasteiger partial charge in [0.05, 0.1) is 0 Å². The number of ether oxygens (including phenoxy) is 1. The molecule has 5 nitrogen and oxygen atoms in total. The molecule has 0 bridgehead atoms. The van der Waals surface area contributed by atoms with Gasteiger partial charge in [-0.15, -0.1) is 0 Å². The van der Waals surface area contributed by atoms with Crippen LogP contribution in [0.15, 0.2) is 42.7 Å². The van der Waals surface area contributed by atoms with Crippen molar-refractivity contribution in [1.82, 2.24) is 15.3 Å². The first-order chi connectivity index (χ1) is 14.7. The highest BCUT2D eigenvalue weighted by atomic mass is 32.1. The standard InChI is InChI=1S/C25H30N4OS/c1-24(2)13-19(14-25(3,4)28-24)29(5)23-27-22-21(31-23)20-7-6-17(12-18(20)15-30-22)16-8-10-26-11-9-16/h6-12,19,28H,13-15H2,1-5H3. The highest BCUT2D eigenvalue weighted by Crippen LogP contribution is 2.46. The summed E-state index contributed by atoms with van der Waals surface area (Å²) in [5, 5.41) is 4.81. The van der Waals surface area contributed by atoms with E-state index in [4.69, 9.17) is 9.72 Å². The highest BCUT2D eigenvalue weighted by molar-refractivity contribution is 7.19. The molecular weight excluding hydrogens is 404 g/mol. The molecule has 1 N–H and O–H groups in total. The zero-order valence-corrected chi connectivity index (χ0v) is 19.7. The number of piperidine rings is 1. The number of rotatable bonds is 3. The Morgan fingerprint density at radius 3 is 2.45 bits per heavy atom. The minimum atomic E-state index is 0.101. The number of hydrogen-bond acceptors (Lipinski definition) is 6. The van der Waals surface area contributed by atoms with E-state index in [-0.39, 0.29) is 11.1 Å². The van der Waals surface area contributed by atoms with Crippen LogP contribution in [0.25, 0.3) is 21.6 Å². The van der Waals surface area contributed by atoms with Gasteiger partial charge in [0.25, 0.3) is 0 Å². The van der Waals surface area contributed by atoms with E-state index in [0.29, 0.717) is 12.6 Å². The Bertz CT molecular complexity index is 1090. The number of nitrogens with zero attached hydrogens (tertiary/aromatic N) is 3. The van der Waals surface area contributed by atoms with E-state index in [0.717, 1.165) is 28.7 Å². The minimum Gasteiger partial charge on any atom is -0.472 e. The van der Waals surface area contributed by atoms with Gasteiger partial charge in [-0.3, -0.25) is 4.98 Å². The first-order valence-electron chi connectivity index (χ1n) is 10.9. The Kier molecular flexibility index (Phi) is 4.83. The number of anilines is 1. The minimum absolute atomic E-state index is 0.101. The third-order valence-electron chi connectivity index (χ3n) is 6.33. The molecule has 5 rings (SSSR count). The van der Waals surface area contributed by atoms with Crippen LogP contribution in [-0.2, 0) is 6.61 Å². The van der Waals surface area contributed by atoms with Gasteiger partial charge >= 0.3 is 0 Å². The summed E-state index contributed by atoms with van der Waals surface area (Å²) in [5.74, 6) is 0.767. The molecule has 2 aliphatic rings. The molecule has 1 fully saturated rings. The van der Waals surface area contributed by atoms with Crippen molar-refractivity contribution in [2.24, 2.45) is 0 Å². The number of aromatic nitrogens is 2. The van der Waals surface area contributed by atoms with E-state index < -0.39 is 0 Å². The molecule has 0 radical (unpaired) electrons. The average Bonchev–Trinajstić information content (AvgIpc) is 3.16. The Hall–Kier alpha value is -2.44. The van der Waals surface area contributed by atoms with Crippen LogP contribution in [0.3, 0.4) is 0 Å². The van der Waals surface area contributed by atoms with Gasteiger partial charge in [0.15, 0.2) is 5.13 Å². The summed E-state index contributed by atoms with van der Waals surface area (Å²) >= 11 is 1.74. The normalized spacial score (nSPS) is 19.3. The lowest BCUT2D eigenvalue weighted by atomic mass is 9.79. The van der Waals surface area contributed by atoms with Crippen LogP contribution >= 0.6 is 11.3 Å². The van der Waals surface area contributed by atoms with Crippen molar-refractivity contribution in [2.75, 3.05) is 11.9 Å². The Balaban J connectivity index is 1.45. The van der Waals surface area contributed by atoms with Crippen LogP contribution in [-0.4, -0.2) is 34.1 Å². The van der Waals surface area contributed by atoms with Gasteiger partial charge in [-0.2, -0.15) is 4.98 Å². The number of benzene rings is 1. The molecule has 1 saturated heterocycles.